The third-order valence-corrected chi connectivity index (χ3v) is 3.73. The highest BCUT2D eigenvalue weighted by atomic mass is 16.5. The molecule has 0 aromatic heterocycles. The number of anilines is 1. The van der Waals surface area contributed by atoms with Crippen molar-refractivity contribution in [1.29, 1.82) is 0 Å². The molecule has 0 spiro atoms. The van der Waals surface area contributed by atoms with Crippen molar-refractivity contribution >= 4 is 23.5 Å². The fourth-order valence-corrected chi connectivity index (χ4v) is 2.28. The normalized spacial score (nSPS) is 10.4. The summed E-state index contributed by atoms with van der Waals surface area (Å²) in [5, 5.41) is 5.59. The molecule has 6 heteroatoms. The zero-order valence-corrected chi connectivity index (χ0v) is 15.7. The molecule has 2 aromatic rings. The van der Waals surface area contributed by atoms with E-state index in [-0.39, 0.29) is 11.8 Å². The van der Waals surface area contributed by atoms with Crippen molar-refractivity contribution in [3.05, 3.63) is 65.2 Å². The molecule has 0 radical (unpaired) electrons. The van der Waals surface area contributed by atoms with Crippen molar-refractivity contribution in [1.82, 2.24) is 5.32 Å². The summed E-state index contributed by atoms with van der Waals surface area (Å²) in [6.45, 7) is 6.69. The number of ether oxygens (including phenoxy) is 1. The first kappa shape index (κ1) is 20.2. The van der Waals surface area contributed by atoms with Crippen molar-refractivity contribution in [2.24, 2.45) is 5.92 Å². The lowest BCUT2D eigenvalue weighted by molar-refractivity contribution is 0.0526. The van der Waals surface area contributed by atoms with E-state index in [2.05, 4.69) is 10.6 Å². The zero-order valence-electron chi connectivity index (χ0n) is 15.7. The molecule has 27 heavy (non-hydrogen) atoms. The van der Waals surface area contributed by atoms with Crippen LogP contribution in [0.2, 0.25) is 0 Å². The van der Waals surface area contributed by atoms with E-state index in [1.807, 2.05) is 13.8 Å². The average molecular weight is 368 g/mol. The second-order valence-electron chi connectivity index (χ2n) is 6.43. The van der Waals surface area contributed by atoms with E-state index in [0.717, 1.165) is 0 Å². The Morgan fingerprint density at radius 1 is 0.852 bits per heavy atom. The number of hydrogen-bond donors (Lipinski definition) is 2. The van der Waals surface area contributed by atoms with Gasteiger partial charge in [-0.1, -0.05) is 13.8 Å². The molecule has 2 N–H and O–H groups in total. The minimum absolute atomic E-state index is 0.162. The van der Waals surface area contributed by atoms with E-state index in [9.17, 15) is 14.4 Å². The number of hydrogen-bond acceptors (Lipinski definition) is 4. The Morgan fingerprint density at radius 3 is 1.89 bits per heavy atom. The van der Waals surface area contributed by atoms with Crippen LogP contribution in [0.3, 0.4) is 0 Å². The molecule has 142 valence electrons. The van der Waals surface area contributed by atoms with Gasteiger partial charge in [0, 0.05) is 23.4 Å². The second-order valence-corrected chi connectivity index (χ2v) is 6.43. The zero-order chi connectivity index (χ0) is 19.8. The molecule has 2 rings (SSSR count). The van der Waals surface area contributed by atoms with Crippen LogP contribution in [-0.2, 0) is 4.74 Å². The third kappa shape index (κ3) is 5.95. The fourth-order valence-electron chi connectivity index (χ4n) is 2.28. The highest BCUT2D eigenvalue weighted by Gasteiger charge is 2.11. The van der Waals surface area contributed by atoms with Gasteiger partial charge in [0.05, 0.1) is 12.2 Å². The van der Waals surface area contributed by atoms with Crippen LogP contribution in [0.5, 0.6) is 0 Å². The highest BCUT2D eigenvalue weighted by Crippen LogP contribution is 2.13. The summed E-state index contributed by atoms with van der Waals surface area (Å²) in [5.41, 5.74) is 1.93. The maximum atomic E-state index is 12.3. The van der Waals surface area contributed by atoms with Gasteiger partial charge in [-0.05, 0) is 61.4 Å². The highest BCUT2D eigenvalue weighted by molar-refractivity contribution is 6.05. The topological polar surface area (TPSA) is 84.5 Å². The first-order chi connectivity index (χ1) is 12.9. The number of esters is 1. The molecular weight excluding hydrogens is 344 g/mol. The largest absolute Gasteiger partial charge is 0.462 e. The summed E-state index contributed by atoms with van der Waals surface area (Å²) in [5.74, 6) is -0.492. The molecule has 0 aliphatic heterocycles. The standard InChI is InChI=1S/C21H24N2O4/c1-4-27-21(26)17-9-11-18(12-10-17)23-20(25)16-7-5-15(6-8-16)19(24)22-13-14(2)3/h5-12,14H,4,13H2,1-3H3,(H,22,24)(H,23,25). The number of amides is 2. The van der Waals surface area contributed by atoms with Gasteiger partial charge in [-0.3, -0.25) is 9.59 Å². The number of rotatable bonds is 7. The number of benzene rings is 2. The van der Waals surface area contributed by atoms with E-state index < -0.39 is 5.97 Å². The van der Waals surface area contributed by atoms with Crippen LogP contribution >= 0.6 is 0 Å². The van der Waals surface area contributed by atoms with Crippen molar-refractivity contribution in [2.75, 3.05) is 18.5 Å². The van der Waals surface area contributed by atoms with Crippen LogP contribution in [0, 0.1) is 5.92 Å². The van der Waals surface area contributed by atoms with Gasteiger partial charge < -0.3 is 15.4 Å². The van der Waals surface area contributed by atoms with Crippen molar-refractivity contribution in [2.45, 2.75) is 20.8 Å². The molecule has 0 heterocycles. The van der Waals surface area contributed by atoms with E-state index in [0.29, 0.717) is 41.4 Å². The lowest BCUT2D eigenvalue weighted by Gasteiger charge is -2.09. The predicted octanol–water partition coefficient (Wildman–Crippen LogP) is 3.50. The van der Waals surface area contributed by atoms with Gasteiger partial charge in [-0.15, -0.1) is 0 Å². The molecular formula is C21H24N2O4. The quantitative estimate of drug-likeness (QED) is 0.733. The van der Waals surface area contributed by atoms with Gasteiger partial charge >= 0.3 is 5.97 Å². The SMILES string of the molecule is CCOC(=O)c1ccc(NC(=O)c2ccc(C(=O)NCC(C)C)cc2)cc1. The minimum atomic E-state index is -0.401. The number of carbonyl (C=O) groups excluding carboxylic acids is 3. The van der Waals surface area contributed by atoms with Crippen molar-refractivity contribution < 1.29 is 19.1 Å². The van der Waals surface area contributed by atoms with Crippen LogP contribution < -0.4 is 10.6 Å². The molecule has 6 nitrogen and oxygen atoms in total. The number of nitrogens with one attached hydrogen (secondary N) is 2. The van der Waals surface area contributed by atoms with Crippen LogP contribution in [0.25, 0.3) is 0 Å². The molecule has 0 saturated carbocycles. The Labute approximate surface area is 158 Å². The summed E-state index contributed by atoms with van der Waals surface area (Å²) < 4.78 is 4.92. The predicted molar refractivity (Wildman–Crippen MR) is 104 cm³/mol. The smallest absolute Gasteiger partial charge is 0.338 e. The monoisotopic (exact) mass is 368 g/mol. The Morgan fingerprint density at radius 2 is 1.37 bits per heavy atom. The summed E-state index contributed by atoms with van der Waals surface area (Å²) in [6.07, 6.45) is 0. The maximum absolute atomic E-state index is 12.3. The summed E-state index contributed by atoms with van der Waals surface area (Å²) in [6, 6.07) is 12.9. The Hall–Kier alpha value is -3.15. The van der Waals surface area contributed by atoms with Gasteiger partial charge in [-0.25, -0.2) is 4.79 Å². The first-order valence-electron chi connectivity index (χ1n) is 8.87. The van der Waals surface area contributed by atoms with E-state index in [1.54, 1.807) is 55.5 Å². The Kier molecular flexibility index (Phi) is 7.11. The van der Waals surface area contributed by atoms with Gasteiger partial charge in [0.15, 0.2) is 0 Å². The van der Waals surface area contributed by atoms with Crippen molar-refractivity contribution in [3.8, 4) is 0 Å². The summed E-state index contributed by atoms with van der Waals surface area (Å²) in [4.78, 5) is 36.0. The first-order valence-corrected chi connectivity index (χ1v) is 8.87. The third-order valence-electron chi connectivity index (χ3n) is 3.73. The van der Waals surface area contributed by atoms with Gasteiger partial charge in [0.1, 0.15) is 0 Å². The maximum Gasteiger partial charge on any atom is 0.338 e. The summed E-state index contributed by atoms with van der Waals surface area (Å²) in [7, 11) is 0. The lowest BCUT2D eigenvalue weighted by atomic mass is 10.1. The number of carbonyl (C=O) groups is 3. The van der Waals surface area contributed by atoms with Crippen LogP contribution in [-0.4, -0.2) is 30.9 Å². The Balaban J connectivity index is 1.97. The lowest BCUT2D eigenvalue weighted by Crippen LogP contribution is -2.27. The molecule has 0 aliphatic carbocycles. The molecule has 0 aliphatic rings. The van der Waals surface area contributed by atoms with Crippen LogP contribution in [0.1, 0.15) is 51.8 Å². The van der Waals surface area contributed by atoms with Gasteiger partial charge in [0.25, 0.3) is 11.8 Å². The van der Waals surface area contributed by atoms with E-state index in [1.165, 1.54) is 0 Å². The van der Waals surface area contributed by atoms with Crippen LogP contribution in [0.4, 0.5) is 5.69 Å². The average Bonchev–Trinajstić information content (AvgIpc) is 2.67. The molecule has 2 aromatic carbocycles. The van der Waals surface area contributed by atoms with Gasteiger partial charge in [-0.2, -0.15) is 0 Å². The Bertz CT molecular complexity index is 796. The van der Waals surface area contributed by atoms with E-state index in [4.69, 9.17) is 4.74 Å². The van der Waals surface area contributed by atoms with Crippen LogP contribution in [0.15, 0.2) is 48.5 Å². The van der Waals surface area contributed by atoms with E-state index >= 15 is 0 Å². The van der Waals surface area contributed by atoms with Gasteiger partial charge in [0.2, 0.25) is 0 Å². The summed E-state index contributed by atoms with van der Waals surface area (Å²) >= 11 is 0. The molecule has 0 bridgehead atoms. The van der Waals surface area contributed by atoms with Crippen molar-refractivity contribution in [3.63, 3.8) is 0 Å². The molecule has 0 saturated heterocycles. The molecule has 2 amide bonds. The minimum Gasteiger partial charge on any atom is -0.462 e. The molecule has 0 atom stereocenters. The second kappa shape index (κ2) is 9.52. The fraction of sp³-hybridized carbons (Fsp3) is 0.286. The molecule has 0 fully saturated rings. The molecule has 0 unspecified atom stereocenters.